The summed E-state index contributed by atoms with van der Waals surface area (Å²) in [7, 11) is 0. The van der Waals surface area contributed by atoms with Gasteiger partial charge >= 0.3 is 5.97 Å². The maximum Gasteiger partial charge on any atom is 0.307 e. The first-order chi connectivity index (χ1) is 13.5. The minimum Gasteiger partial charge on any atom is -0.456 e. The Morgan fingerprint density at radius 1 is 1.18 bits per heavy atom. The molecule has 3 rings (SSSR count). The molecule has 0 atom stereocenters. The van der Waals surface area contributed by atoms with Crippen molar-refractivity contribution in [2.24, 2.45) is 0 Å². The molecule has 0 fully saturated rings. The molecule has 0 unspecified atom stereocenters. The van der Waals surface area contributed by atoms with Crippen LogP contribution in [0, 0.1) is 10.1 Å². The summed E-state index contributed by atoms with van der Waals surface area (Å²) < 4.78 is 5.12. The van der Waals surface area contributed by atoms with Crippen molar-refractivity contribution < 1.29 is 19.2 Å². The van der Waals surface area contributed by atoms with Gasteiger partial charge in [-0.2, -0.15) is 0 Å². The van der Waals surface area contributed by atoms with Crippen LogP contribution in [0.3, 0.4) is 0 Å². The van der Waals surface area contributed by atoms with E-state index in [2.05, 4.69) is 0 Å². The molecule has 1 aliphatic rings. The van der Waals surface area contributed by atoms with Crippen LogP contribution in [0.25, 0.3) is 0 Å². The smallest absolute Gasteiger partial charge is 0.307 e. The minimum atomic E-state index is -0.448. The first-order valence-corrected chi connectivity index (χ1v) is 9.94. The molecular weight excluding hydrogens is 380 g/mol. The van der Waals surface area contributed by atoms with Gasteiger partial charge in [-0.15, -0.1) is 11.8 Å². The molecule has 0 radical (unpaired) electrons. The Kier molecular flexibility index (Phi) is 6.65. The zero-order valence-electron chi connectivity index (χ0n) is 15.2. The molecule has 0 saturated carbocycles. The van der Waals surface area contributed by atoms with Gasteiger partial charge in [0.05, 0.1) is 11.3 Å². The highest BCUT2D eigenvalue weighted by atomic mass is 32.2. The van der Waals surface area contributed by atoms with E-state index in [-0.39, 0.29) is 24.6 Å². The van der Waals surface area contributed by atoms with E-state index in [4.69, 9.17) is 4.74 Å². The molecule has 1 heterocycles. The van der Waals surface area contributed by atoms with Crippen molar-refractivity contribution in [2.75, 3.05) is 23.8 Å². The van der Waals surface area contributed by atoms with Crippen molar-refractivity contribution in [1.82, 2.24) is 0 Å². The minimum absolute atomic E-state index is 0.00962. The van der Waals surface area contributed by atoms with Crippen molar-refractivity contribution in [3.05, 3.63) is 64.2 Å². The predicted octanol–water partition coefficient (Wildman–Crippen LogP) is 3.60. The van der Waals surface area contributed by atoms with Crippen molar-refractivity contribution in [3.63, 3.8) is 0 Å². The van der Waals surface area contributed by atoms with Gasteiger partial charge in [0.2, 0.25) is 0 Å². The molecule has 1 aliphatic heterocycles. The molecule has 0 aromatic heterocycles. The third-order valence-corrected chi connectivity index (χ3v) is 5.38. The second kappa shape index (κ2) is 9.36. The SMILES string of the molecule is O=C(CCSc1ccccc1)OCC(=O)N1CCCc2cc([N+](=O)[O-])ccc21. The third-order valence-electron chi connectivity index (χ3n) is 4.37. The van der Waals surface area contributed by atoms with E-state index in [9.17, 15) is 19.7 Å². The van der Waals surface area contributed by atoms with Crippen LogP contribution < -0.4 is 4.90 Å². The molecule has 2 aromatic carbocycles. The lowest BCUT2D eigenvalue weighted by Crippen LogP contribution is -2.38. The molecule has 146 valence electrons. The van der Waals surface area contributed by atoms with Gasteiger partial charge in [0.1, 0.15) is 0 Å². The third kappa shape index (κ3) is 5.10. The fraction of sp³-hybridized carbons (Fsp3) is 0.300. The quantitative estimate of drug-likeness (QED) is 0.305. The predicted molar refractivity (Wildman–Crippen MR) is 107 cm³/mol. The zero-order valence-corrected chi connectivity index (χ0v) is 16.0. The van der Waals surface area contributed by atoms with Gasteiger partial charge < -0.3 is 9.64 Å². The Labute approximate surface area is 166 Å². The maximum atomic E-state index is 12.5. The molecule has 0 N–H and O–H groups in total. The number of nitro benzene ring substituents is 1. The molecule has 0 aliphatic carbocycles. The number of hydrogen-bond donors (Lipinski definition) is 0. The zero-order chi connectivity index (χ0) is 19.9. The Morgan fingerprint density at radius 3 is 2.71 bits per heavy atom. The highest BCUT2D eigenvalue weighted by Crippen LogP contribution is 2.30. The van der Waals surface area contributed by atoms with Gasteiger partial charge in [-0.25, -0.2) is 0 Å². The average molecular weight is 400 g/mol. The van der Waals surface area contributed by atoms with Gasteiger partial charge in [-0.3, -0.25) is 19.7 Å². The van der Waals surface area contributed by atoms with Crippen LogP contribution in [0.5, 0.6) is 0 Å². The van der Waals surface area contributed by atoms with E-state index < -0.39 is 10.9 Å². The number of rotatable bonds is 7. The van der Waals surface area contributed by atoms with E-state index in [1.165, 1.54) is 17.0 Å². The monoisotopic (exact) mass is 400 g/mol. The van der Waals surface area contributed by atoms with E-state index >= 15 is 0 Å². The number of nitrogens with zero attached hydrogens (tertiary/aromatic N) is 2. The Hall–Kier alpha value is -2.87. The number of ether oxygens (including phenoxy) is 1. The van der Waals surface area contributed by atoms with Crippen LogP contribution in [0.1, 0.15) is 18.4 Å². The summed E-state index contributed by atoms with van der Waals surface area (Å²) in [6.07, 6.45) is 1.61. The number of amides is 1. The fourth-order valence-corrected chi connectivity index (χ4v) is 3.87. The summed E-state index contributed by atoms with van der Waals surface area (Å²) in [5.41, 5.74) is 1.42. The molecule has 2 aromatic rings. The number of thioether (sulfide) groups is 1. The molecule has 1 amide bonds. The van der Waals surface area contributed by atoms with Gasteiger partial charge in [0.25, 0.3) is 11.6 Å². The van der Waals surface area contributed by atoms with Gasteiger partial charge in [0.15, 0.2) is 6.61 Å². The number of nitro groups is 1. The van der Waals surface area contributed by atoms with Crippen LogP contribution in [-0.2, 0) is 20.7 Å². The summed E-state index contributed by atoms with van der Waals surface area (Å²) in [5, 5.41) is 10.9. The number of anilines is 1. The molecular formula is C20H20N2O5S. The Balaban J connectivity index is 1.50. The Morgan fingerprint density at radius 2 is 1.96 bits per heavy atom. The van der Waals surface area contributed by atoms with E-state index in [0.29, 0.717) is 30.8 Å². The number of esters is 1. The summed E-state index contributed by atoms with van der Waals surface area (Å²) in [4.78, 5) is 37.5. The molecule has 8 heteroatoms. The first kappa shape index (κ1) is 19.9. The van der Waals surface area contributed by atoms with Crippen LogP contribution >= 0.6 is 11.8 Å². The summed E-state index contributed by atoms with van der Waals surface area (Å²) in [5.74, 6) is -0.163. The molecule has 0 saturated heterocycles. The number of benzene rings is 2. The number of hydrogen-bond acceptors (Lipinski definition) is 6. The molecule has 28 heavy (non-hydrogen) atoms. The lowest BCUT2D eigenvalue weighted by molar-refractivity contribution is -0.384. The van der Waals surface area contributed by atoms with Crippen molar-refractivity contribution in [3.8, 4) is 0 Å². The molecule has 0 spiro atoms. The highest BCUT2D eigenvalue weighted by Gasteiger charge is 2.25. The van der Waals surface area contributed by atoms with E-state index in [0.717, 1.165) is 10.5 Å². The second-order valence-electron chi connectivity index (χ2n) is 6.29. The number of carbonyl (C=O) groups is 2. The number of fused-ring (bicyclic) bond motifs is 1. The standard InChI is InChI=1S/C20H20N2O5S/c23-19(14-27-20(24)10-12-28-17-6-2-1-3-7-17)21-11-4-5-15-13-16(22(25)26)8-9-18(15)21/h1-3,6-9,13H,4-5,10-12,14H2. The van der Waals surface area contributed by atoms with Crippen LogP contribution in [0.4, 0.5) is 11.4 Å². The largest absolute Gasteiger partial charge is 0.456 e. The van der Waals surface area contributed by atoms with Crippen molar-refractivity contribution in [2.45, 2.75) is 24.2 Å². The summed E-state index contributed by atoms with van der Waals surface area (Å²) >= 11 is 1.55. The maximum absolute atomic E-state index is 12.5. The molecule has 0 bridgehead atoms. The van der Waals surface area contributed by atoms with E-state index in [1.54, 1.807) is 17.8 Å². The first-order valence-electron chi connectivity index (χ1n) is 8.96. The van der Waals surface area contributed by atoms with Gasteiger partial charge in [-0.1, -0.05) is 18.2 Å². The normalized spacial score (nSPS) is 12.9. The topological polar surface area (TPSA) is 89.8 Å². The fourth-order valence-electron chi connectivity index (χ4n) is 3.02. The van der Waals surface area contributed by atoms with Crippen LogP contribution in [0.15, 0.2) is 53.4 Å². The van der Waals surface area contributed by atoms with Crippen molar-refractivity contribution >= 4 is 35.0 Å². The van der Waals surface area contributed by atoms with Crippen LogP contribution in [0.2, 0.25) is 0 Å². The highest BCUT2D eigenvalue weighted by molar-refractivity contribution is 7.99. The summed E-state index contributed by atoms with van der Waals surface area (Å²) in [6, 6.07) is 14.2. The Bertz CT molecular complexity index is 872. The number of aryl methyl sites for hydroxylation is 1. The second-order valence-corrected chi connectivity index (χ2v) is 7.46. The molecule has 7 nitrogen and oxygen atoms in total. The number of non-ortho nitro benzene ring substituents is 1. The van der Waals surface area contributed by atoms with Gasteiger partial charge in [-0.05, 0) is 36.6 Å². The van der Waals surface area contributed by atoms with Crippen molar-refractivity contribution in [1.29, 1.82) is 0 Å². The van der Waals surface area contributed by atoms with Gasteiger partial charge in [0, 0.05) is 35.0 Å². The average Bonchev–Trinajstić information content (AvgIpc) is 2.72. The van der Waals surface area contributed by atoms with Crippen LogP contribution in [-0.4, -0.2) is 35.7 Å². The summed E-state index contributed by atoms with van der Waals surface area (Å²) in [6.45, 7) is 0.177. The number of carbonyl (C=O) groups excluding carboxylic acids is 2. The van der Waals surface area contributed by atoms with E-state index in [1.807, 2.05) is 30.3 Å². The lowest BCUT2D eigenvalue weighted by atomic mass is 10.0. The lowest BCUT2D eigenvalue weighted by Gasteiger charge is -2.29.